The number of aromatic nitrogens is 1. The van der Waals surface area contributed by atoms with E-state index in [1.165, 1.54) is 27.8 Å². The highest BCUT2D eigenvalue weighted by Gasteiger charge is 2.37. The molecule has 0 radical (unpaired) electrons. The summed E-state index contributed by atoms with van der Waals surface area (Å²) in [5, 5.41) is 2.82. The predicted octanol–water partition coefficient (Wildman–Crippen LogP) is 3.42. The van der Waals surface area contributed by atoms with E-state index in [0.717, 1.165) is 29.6 Å². The monoisotopic (exact) mass is 340 g/mol. The molecule has 1 aromatic carbocycles. The van der Waals surface area contributed by atoms with Crippen LogP contribution in [0.1, 0.15) is 35.1 Å². The lowest BCUT2D eigenvalue weighted by Gasteiger charge is -2.23. The Morgan fingerprint density at radius 3 is 2.73 bits per heavy atom. The molecule has 0 unspecified atom stereocenters. The van der Waals surface area contributed by atoms with Gasteiger partial charge in [0.25, 0.3) is 0 Å². The quantitative estimate of drug-likeness (QED) is 0.860. The van der Waals surface area contributed by atoms with Crippen LogP contribution in [-0.2, 0) is 10.0 Å². The van der Waals surface area contributed by atoms with Crippen molar-refractivity contribution in [3.63, 3.8) is 0 Å². The molecule has 0 saturated carbocycles. The molecule has 0 bridgehead atoms. The van der Waals surface area contributed by atoms with E-state index in [1.807, 2.05) is 12.3 Å². The van der Waals surface area contributed by atoms with Crippen molar-refractivity contribution in [3.8, 4) is 0 Å². The highest BCUT2D eigenvalue weighted by Crippen LogP contribution is 2.37. The normalized spacial score (nSPS) is 19.7. The summed E-state index contributed by atoms with van der Waals surface area (Å²) in [4.78, 5) is 4.44. The summed E-state index contributed by atoms with van der Waals surface area (Å²) in [5.74, 6) is -0.529. The first-order valence-electron chi connectivity index (χ1n) is 7.09. The van der Waals surface area contributed by atoms with Crippen LogP contribution in [0.15, 0.2) is 28.5 Å². The molecule has 1 atom stereocenters. The third-order valence-electron chi connectivity index (χ3n) is 3.80. The summed E-state index contributed by atoms with van der Waals surface area (Å²) in [6, 6.07) is 3.67. The maximum Gasteiger partial charge on any atom is 0.243 e. The number of rotatable bonds is 3. The van der Waals surface area contributed by atoms with Gasteiger partial charge in [-0.25, -0.2) is 17.8 Å². The maximum atomic E-state index is 13.6. The molecule has 1 saturated heterocycles. The third kappa shape index (κ3) is 2.80. The lowest BCUT2D eigenvalue weighted by Crippen LogP contribution is -2.31. The Bertz CT molecular complexity index is 781. The van der Waals surface area contributed by atoms with Crippen LogP contribution in [0.5, 0.6) is 0 Å². The van der Waals surface area contributed by atoms with Crippen LogP contribution in [0, 0.1) is 19.7 Å². The van der Waals surface area contributed by atoms with E-state index in [2.05, 4.69) is 4.98 Å². The highest BCUT2D eigenvalue weighted by molar-refractivity contribution is 7.89. The Balaban J connectivity index is 2.00. The molecule has 1 aliphatic rings. The molecule has 0 amide bonds. The van der Waals surface area contributed by atoms with Gasteiger partial charge in [0, 0.05) is 11.9 Å². The molecular formula is C15H17FN2O2S2. The molecular weight excluding hydrogens is 323 g/mol. The zero-order valence-electron chi connectivity index (χ0n) is 12.4. The summed E-state index contributed by atoms with van der Waals surface area (Å²) in [6.45, 7) is 4.03. The zero-order chi connectivity index (χ0) is 15.9. The molecule has 1 aliphatic heterocycles. The lowest BCUT2D eigenvalue weighted by atomic mass is 10.2. The van der Waals surface area contributed by atoms with Crippen molar-refractivity contribution in [1.82, 2.24) is 9.29 Å². The number of sulfonamides is 1. The minimum absolute atomic E-state index is 0.0175. The largest absolute Gasteiger partial charge is 0.245 e. The van der Waals surface area contributed by atoms with Gasteiger partial charge in [-0.3, -0.25) is 0 Å². The zero-order valence-corrected chi connectivity index (χ0v) is 14.0. The van der Waals surface area contributed by atoms with Crippen molar-refractivity contribution < 1.29 is 12.8 Å². The van der Waals surface area contributed by atoms with Crippen LogP contribution >= 0.6 is 11.3 Å². The van der Waals surface area contributed by atoms with Gasteiger partial charge in [0.05, 0.1) is 21.6 Å². The molecule has 7 heteroatoms. The first kappa shape index (κ1) is 15.6. The standard InChI is InChI=1S/C15H17FN2O2S2/c1-10-6-12(16)8-13(7-10)22(19,20)18-5-3-4-15(18)14-9-21-11(2)17-14/h6-9,15H,3-5H2,1-2H3/t15-/m1/s1. The molecule has 2 heterocycles. The van der Waals surface area contributed by atoms with Crippen molar-refractivity contribution in [1.29, 1.82) is 0 Å². The fraction of sp³-hybridized carbons (Fsp3) is 0.400. The second kappa shape index (κ2) is 5.72. The number of benzene rings is 1. The molecule has 22 heavy (non-hydrogen) atoms. The topological polar surface area (TPSA) is 50.3 Å². The minimum Gasteiger partial charge on any atom is -0.245 e. The fourth-order valence-electron chi connectivity index (χ4n) is 2.84. The van der Waals surface area contributed by atoms with Crippen LogP contribution in [-0.4, -0.2) is 24.3 Å². The Hall–Kier alpha value is -1.31. The Morgan fingerprint density at radius 2 is 2.09 bits per heavy atom. The van der Waals surface area contributed by atoms with E-state index in [9.17, 15) is 12.8 Å². The maximum absolute atomic E-state index is 13.6. The van der Waals surface area contributed by atoms with Crippen molar-refractivity contribution >= 4 is 21.4 Å². The molecule has 2 aromatic rings. The van der Waals surface area contributed by atoms with Gasteiger partial charge in [0.15, 0.2) is 0 Å². The van der Waals surface area contributed by atoms with Crippen molar-refractivity contribution in [3.05, 3.63) is 45.7 Å². The molecule has 0 aliphatic carbocycles. The molecule has 0 spiro atoms. The Labute approximate surface area is 133 Å². The second-order valence-corrected chi connectivity index (χ2v) is 8.48. The second-order valence-electron chi connectivity index (χ2n) is 5.53. The number of thiazole rings is 1. The van der Waals surface area contributed by atoms with Crippen LogP contribution in [0.4, 0.5) is 4.39 Å². The lowest BCUT2D eigenvalue weighted by molar-refractivity contribution is 0.391. The predicted molar refractivity (Wildman–Crippen MR) is 83.9 cm³/mol. The first-order chi connectivity index (χ1) is 10.4. The van der Waals surface area contributed by atoms with Gasteiger partial charge in [0.2, 0.25) is 10.0 Å². The smallest absolute Gasteiger partial charge is 0.243 e. The van der Waals surface area contributed by atoms with Crippen LogP contribution in [0.25, 0.3) is 0 Å². The van der Waals surface area contributed by atoms with E-state index in [4.69, 9.17) is 0 Å². The van der Waals surface area contributed by atoms with Gasteiger partial charge in [0.1, 0.15) is 5.82 Å². The first-order valence-corrected chi connectivity index (χ1v) is 9.41. The summed E-state index contributed by atoms with van der Waals surface area (Å²) >= 11 is 1.51. The van der Waals surface area contributed by atoms with Crippen molar-refractivity contribution in [2.75, 3.05) is 6.54 Å². The van der Waals surface area contributed by atoms with Crippen LogP contribution < -0.4 is 0 Å². The van der Waals surface area contributed by atoms with Gasteiger partial charge in [-0.15, -0.1) is 11.3 Å². The summed E-state index contributed by atoms with van der Waals surface area (Å²) in [6.07, 6.45) is 1.53. The van der Waals surface area contributed by atoms with Crippen LogP contribution in [0.3, 0.4) is 0 Å². The van der Waals surface area contributed by atoms with Gasteiger partial charge in [-0.05, 0) is 50.5 Å². The average molecular weight is 340 g/mol. The number of halogens is 1. The molecule has 0 N–H and O–H groups in total. The Kier molecular flexibility index (Phi) is 4.05. The van der Waals surface area contributed by atoms with E-state index in [0.29, 0.717) is 12.1 Å². The number of hydrogen-bond donors (Lipinski definition) is 0. The van der Waals surface area contributed by atoms with Crippen molar-refractivity contribution in [2.24, 2.45) is 0 Å². The van der Waals surface area contributed by atoms with E-state index >= 15 is 0 Å². The van der Waals surface area contributed by atoms with Gasteiger partial charge in [-0.1, -0.05) is 0 Å². The molecule has 118 valence electrons. The van der Waals surface area contributed by atoms with E-state index < -0.39 is 15.8 Å². The molecule has 3 rings (SSSR count). The SMILES string of the molecule is Cc1cc(F)cc(S(=O)(=O)N2CCC[C@@H]2c2csc(C)n2)c1. The van der Waals surface area contributed by atoms with Gasteiger partial charge < -0.3 is 0 Å². The summed E-state index contributed by atoms with van der Waals surface area (Å²) in [5.41, 5.74) is 1.38. The molecule has 1 fully saturated rings. The third-order valence-corrected chi connectivity index (χ3v) is 6.48. The van der Waals surface area contributed by atoms with Gasteiger partial charge in [-0.2, -0.15) is 4.31 Å². The van der Waals surface area contributed by atoms with Gasteiger partial charge >= 0.3 is 0 Å². The van der Waals surface area contributed by atoms with Crippen molar-refractivity contribution in [2.45, 2.75) is 37.6 Å². The number of hydrogen-bond acceptors (Lipinski definition) is 4. The van der Waals surface area contributed by atoms with E-state index in [-0.39, 0.29) is 10.9 Å². The highest BCUT2D eigenvalue weighted by atomic mass is 32.2. The Morgan fingerprint density at radius 1 is 1.32 bits per heavy atom. The fourth-order valence-corrected chi connectivity index (χ4v) is 5.29. The average Bonchev–Trinajstić information content (AvgIpc) is 3.05. The number of aryl methyl sites for hydroxylation is 2. The summed E-state index contributed by atoms with van der Waals surface area (Å²) in [7, 11) is -3.71. The molecule has 1 aromatic heterocycles. The van der Waals surface area contributed by atoms with E-state index in [1.54, 1.807) is 6.92 Å². The molecule has 4 nitrogen and oxygen atoms in total. The minimum atomic E-state index is -3.71. The number of nitrogens with zero attached hydrogens (tertiary/aromatic N) is 2. The summed E-state index contributed by atoms with van der Waals surface area (Å²) < 4.78 is 40.8. The van der Waals surface area contributed by atoms with Crippen LogP contribution in [0.2, 0.25) is 0 Å².